The Bertz CT molecular complexity index is 467. The van der Waals surface area contributed by atoms with Gasteiger partial charge < -0.3 is 10.6 Å². The predicted molar refractivity (Wildman–Crippen MR) is 89.3 cm³/mol. The number of nitrogens with two attached hydrogens (primary N) is 1. The molecule has 0 amide bonds. The first-order valence-electron chi connectivity index (χ1n) is 6.78. The zero-order chi connectivity index (χ0) is 14.0. The van der Waals surface area contributed by atoms with Crippen LogP contribution in [0.15, 0.2) is 23.1 Å². The summed E-state index contributed by atoms with van der Waals surface area (Å²) in [5.41, 5.74) is 8.24. The van der Waals surface area contributed by atoms with Crippen molar-refractivity contribution in [3.8, 4) is 0 Å². The average molecular weight is 294 g/mol. The highest BCUT2D eigenvalue weighted by Crippen LogP contribution is 2.37. The fourth-order valence-corrected chi connectivity index (χ4v) is 3.31. The lowest BCUT2D eigenvalue weighted by Crippen LogP contribution is -2.32. The maximum Gasteiger partial charge on any atom is 0.107 e. The maximum atomic E-state index is 5.97. The van der Waals surface area contributed by atoms with Crippen molar-refractivity contribution in [3.05, 3.63) is 23.8 Å². The largest absolute Gasteiger partial charge is 0.389 e. The predicted octanol–water partition coefficient (Wildman–Crippen LogP) is 3.67. The van der Waals surface area contributed by atoms with E-state index >= 15 is 0 Å². The molecule has 1 aliphatic carbocycles. The molecule has 2 N–H and O–H groups in total. The summed E-state index contributed by atoms with van der Waals surface area (Å²) < 4.78 is 0. The van der Waals surface area contributed by atoms with Crippen LogP contribution in [-0.4, -0.2) is 23.8 Å². The molecule has 1 aliphatic rings. The van der Waals surface area contributed by atoms with Gasteiger partial charge >= 0.3 is 0 Å². The third-order valence-corrected chi connectivity index (χ3v) is 4.31. The maximum absolute atomic E-state index is 5.97. The Morgan fingerprint density at radius 3 is 2.63 bits per heavy atom. The van der Waals surface area contributed by atoms with Crippen LogP contribution in [0, 0.1) is 5.92 Å². The fourth-order valence-electron chi connectivity index (χ4n) is 2.40. The van der Waals surface area contributed by atoms with Gasteiger partial charge in [-0.15, -0.1) is 11.8 Å². The van der Waals surface area contributed by atoms with E-state index in [1.54, 1.807) is 11.8 Å². The molecule has 0 aliphatic heterocycles. The lowest BCUT2D eigenvalue weighted by molar-refractivity contribution is 0.607. The van der Waals surface area contributed by atoms with Crippen LogP contribution in [0.4, 0.5) is 5.69 Å². The van der Waals surface area contributed by atoms with Gasteiger partial charge in [0.05, 0.1) is 0 Å². The Morgan fingerprint density at radius 2 is 2.16 bits per heavy atom. The van der Waals surface area contributed by atoms with Crippen molar-refractivity contribution in [2.24, 2.45) is 11.7 Å². The summed E-state index contributed by atoms with van der Waals surface area (Å²) in [5.74, 6) is 0.637. The van der Waals surface area contributed by atoms with Gasteiger partial charge in [-0.1, -0.05) is 32.1 Å². The summed E-state index contributed by atoms with van der Waals surface area (Å²) in [6, 6.07) is 7.05. The van der Waals surface area contributed by atoms with Crippen molar-refractivity contribution in [2.45, 2.75) is 37.6 Å². The molecule has 4 heteroatoms. The SMILES string of the molecule is CSc1cccc(N(CC(C)C)C2CC2)c1C(N)=S. The van der Waals surface area contributed by atoms with Crippen molar-refractivity contribution < 1.29 is 0 Å². The van der Waals surface area contributed by atoms with Crippen molar-refractivity contribution in [1.29, 1.82) is 0 Å². The van der Waals surface area contributed by atoms with E-state index in [0.29, 0.717) is 16.9 Å². The van der Waals surface area contributed by atoms with Crippen molar-refractivity contribution >= 4 is 34.7 Å². The Labute approximate surface area is 125 Å². The Kier molecular flexibility index (Phi) is 4.74. The van der Waals surface area contributed by atoms with Crippen LogP contribution in [0.2, 0.25) is 0 Å². The zero-order valence-corrected chi connectivity index (χ0v) is 13.5. The van der Waals surface area contributed by atoms with E-state index in [0.717, 1.165) is 12.1 Å². The van der Waals surface area contributed by atoms with Crippen molar-refractivity contribution in [2.75, 3.05) is 17.7 Å². The van der Waals surface area contributed by atoms with Crippen LogP contribution >= 0.6 is 24.0 Å². The molecule has 1 aromatic carbocycles. The number of rotatable bonds is 6. The minimum absolute atomic E-state index is 0.509. The second-order valence-electron chi connectivity index (χ2n) is 5.50. The van der Waals surface area contributed by atoms with E-state index in [1.807, 2.05) is 0 Å². The average Bonchev–Trinajstić information content (AvgIpc) is 3.18. The Hall–Kier alpha value is -0.740. The molecule has 0 saturated heterocycles. The van der Waals surface area contributed by atoms with E-state index < -0.39 is 0 Å². The topological polar surface area (TPSA) is 29.3 Å². The highest BCUT2D eigenvalue weighted by atomic mass is 32.2. The van der Waals surface area contributed by atoms with Gasteiger partial charge in [0, 0.05) is 28.7 Å². The summed E-state index contributed by atoms with van der Waals surface area (Å²) in [4.78, 5) is 4.19. The molecule has 104 valence electrons. The van der Waals surface area contributed by atoms with Crippen LogP contribution in [-0.2, 0) is 0 Å². The van der Waals surface area contributed by atoms with E-state index in [-0.39, 0.29) is 0 Å². The number of hydrogen-bond donors (Lipinski definition) is 1. The summed E-state index contributed by atoms with van der Waals surface area (Å²) >= 11 is 6.99. The molecule has 0 heterocycles. The molecule has 19 heavy (non-hydrogen) atoms. The molecule has 0 atom stereocenters. The molecular weight excluding hydrogens is 272 g/mol. The van der Waals surface area contributed by atoms with Gasteiger partial charge in [-0.3, -0.25) is 0 Å². The summed E-state index contributed by atoms with van der Waals surface area (Å²) in [7, 11) is 0. The van der Waals surface area contributed by atoms with Crippen LogP contribution in [0.5, 0.6) is 0 Å². The molecule has 0 aromatic heterocycles. The highest BCUT2D eigenvalue weighted by Gasteiger charge is 2.31. The van der Waals surface area contributed by atoms with Crippen molar-refractivity contribution in [3.63, 3.8) is 0 Å². The summed E-state index contributed by atoms with van der Waals surface area (Å²) in [6.45, 7) is 5.58. The number of thioether (sulfide) groups is 1. The zero-order valence-electron chi connectivity index (χ0n) is 11.8. The van der Waals surface area contributed by atoms with Gasteiger partial charge in [0.2, 0.25) is 0 Å². The third kappa shape index (κ3) is 3.42. The van der Waals surface area contributed by atoms with Crippen molar-refractivity contribution in [1.82, 2.24) is 0 Å². The van der Waals surface area contributed by atoms with Crippen LogP contribution in [0.25, 0.3) is 0 Å². The van der Waals surface area contributed by atoms with Gasteiger partial charge in [0.15, 0.2) is 0 Å². The summed E-state index contributed by atoms with van der Waals surface area (Å²) in [5, 5.41) is 0. The lowest BCUT2D eigenvalue weighted by Gasteiger charge is -2.29. The molecule has 1 fully saturated rings. The Morgan fingerprint density at radius 1 is 1.47 bits per heavy atom. The standard InChI is InChI=1S/C15H22N2S2/c1-10(2)9-17(11-7-8-11)12-5-4-6-13(19-3)14(12)15(16)18/h4-6,10-11H,7-9H2,1-3H3,(H2,16,18). The quantitative estimate of drug-likeness (QED) is 0.640. The molecular formula is C15H22N2S2. The van der Waals surface area contributed by atoms with Crippen LogP contribution in [0.3, 0.4) is 0 Å². The second-order valence-corrected chi connectivity index (χ2v) is 6.78. The number of anilines is 1. The minimum atomic E-state index is 0.509. The number of hydrogen-bond acceptors (Lipinski definition) is 3. The first kappa shape index (κ1) is 14.7. The van der Waals surface area contributed by atoms with Gasteiger partial charge in [0.25, 0.3) is 0 Å². The van der Waals surface area contributed by atoms with Gasteiger partial charge in [0.1, 0.15) is 4.99 Å². The van der Waals surface area contributed by atoms with Crippen LogP contribution < -0.4 is 10.6 Å². The fraction of sp³-hybridized carbons (Fsp3) is 0.533. The normalized spacial score (nSPS) is 14.7. The minimum Gasteiger partial charge on any atom is -0.389 e. The van der Waals surface area contributed by atoms with Gasteiger partial charge in [-0.2, -0.15) is 0 Å². The molecule has 1 saturated carbocycles. The molecule has 0 spiro atoms. The number of benzene rings is 1. The lowest BCUT2D eigenvalue weighted by atomic mass is 10.1. The third-order valence-electron chi connectivity index (χ3n) is 3.33. The molecule has 0 bridgehead atoms. The number of thiocarbonyl (C=S) groups is 1. The van der Waals surface area contributed by atoms with E-state index in [1.165, 1.54) is 23.4 Å². The number of nitrogens with zero attached hydrogens (tertiary/aromatic N) is 1. The Balaban J connectivity index is 2.43. The first-order valence-corrected chi connectivity index (χ1v) is 8.41. The van der Waals surface area contributed by atoms with Gasteiger partial charge in [-0.25, -0.2) is 0 Å². The highest BCUT2D eigenvalue weighted by molar-refractivity contribution is 7.98. The molecule has 1 aromatic rings. The first-order chi connectivity index (χ1) is 9.04. The van der Waals surface area contributed by atoms with E-state index in [9.17, 15) is 0 Å². The second kappa shape index (κ2) is 6.14. The molecule has 0 unspecified atom stereocenters. The molecule has 0 radical (unpaired) electrons. The smallest absolute Gasteiger partial charge is 0.107 e. The monoisotopic (exact) mass is 294 g/mol. The molecule has 2 rings (SSSR count). The molecule has 2 nitrogen and oxygen atoms in total. The van der Waals surface area contributed by atoms with Crippen LogP contribution in [0.1, 0.15) is 32.3 Å². The van der Waals surface area contributed by atoms with E-state index in [4.69, 9.17) is 18.0 Å². The van der Waals surface area contributed by atoms with E-state index in [2.05, 4.69) is 43.2 Å². The van der Waals surface area contributed by atoms with Gasteiger partial charge in [-0.05, 0) is 37.1 Å². The summed E-state index contributed by atoms with van der Waals surface area (Å²) in [6.07, 6.45) is 4.64.